The third-order valence-corrected chi connectivity index (χ3v) is 4.59. The van der Waals surface area contributed by atoms with E-state index in [1.807, 2.05) is 0 Å². The molecule has 0 rings (SSSR count). The molecule has 174 valence electrons. The highest BCUT2D eigenvalue weighted by Gasteiger charge is 2.90. The monoisotopic (exact) mass is 478 g/mol. The molecule has 0 aromatic heterocycles. The topological polar surface area (TPSA) is 18.5 Å². The summed E-state index contributed by atoms with van der Waals surface area (Å²) in [6.07, 6.45) is -9.65. The molecule has 0 bridgehead atoms. The van der Waals surface area contributed by atoms with Crippen LogP contribution in [0.5, 0.6) is 0 Å². The number of alkyl halides is 13. The molecule has 0 unspecified atom stereocenters. The Morgan fingerprint density at radius 2 is 1.00 bits per heavy atom. The van der Waals surface area contributed by atoms with Crippen LogP contribution in [0.25, 0.3) is 0 Å². The summed E-state index contributed by atoms with van der Waals surface area (Å²) in [7, 11) is -0.879. The fraction of sp³-hybridized carbons (Fsp3) is 1.00. The van der Waals surface area contributed by atoms with Crippen molar-refractivity contribution in [3.05, 3.63) is 0 Å². The Morgan fingerprint density at radius 3 is 1.34 bits per heavy atom. The van der Waals surface area contributed by atoms with Crippen molar-refractivity contribution >= 4 is 9.52 Å². The summed E-state index contributed by atoms with van der Waals surface area (Å²) in [6, 6.07) is -1.06. The molecule has 0 aliphatic carbocycles. The second-order valence-corrected chi connectivity index (χ2v) is 6.83. The van der Waals surface area contributed by atoms with Gasteiger partial charge in [0.1, 0.15) is 15.4 Å². The third-order valence-electron chi connectivity index (χ3n) is 3.38. The SMILES string of the molecule is CCOC(OCC)[Si]CCC(F)(F)C(F)(F)C(F)(F)C(F)(F)C(F)(F)C(F)(F)F. The average Bonchev–Trinajstić information content (AvgIpc) is 2.53. The standard InChI is InChI=1S/C13H15F13O2Si/c1-3-27-7(28-4-2)29-6-5-8(14,15)9(16,17)10(18,19)11(20,21)12(22,23)13(24,25)26/h7H,3-6H2,1-2H3. The van der Waals surface area contributed by atoms with Crippen LogP contribution in [-0.2, 0) is 9.47 Å². The van der Waals surface area contributed by atoms with E-state index in [0.717, 1.165) is 0 Å². The number of halogens is 13. The van der Waals surface area contributed by atoms with Gasteiger partial charge in [-0.1, -0.05) is 6.04 Å². The minimum Gasteiger partial charge on any atom is -0.357 e. The minimum absolute atomic E-state index is 0.0267. The molecule has 0 aromatic rings. The maximum absolute atomic E-state index is 13.6. The maximum atomic E-state index is 13.6. The number of hydrogen-bond acceptors (Lipinski definition) is 2. The summed E-state index contributed by atoms with van der Waals surface area (Å²) in [6.45, 7) is 2.81. The second kappa shape index (κ2) is 9.16. The molecule has 2 radical (unpaired) electrons. The molecular formula is C13H15F13O2Si. The molecule has 0 fully saturated rings. The van der Waals surface area contributed by atoms with Crippen molar-refractivity contribution in [1.29, 1.82) is 0 Å². The van der Waals surface area contributed by atoms with Gasteiger partial charge >= 0.3 is 35.8 Å². The first kappa shape index (κ1) is 28.2. The van der Waals surface area contributed by atoms with Gasteiger partial charge < -0.3 is 9.47 Å². The fourth-order valence-corrected chi connectivity index (χ4v) is 3.04. The molecule has 0 spiro atoms. The van der Waals surface area contributed by atoms with Crippen LogP contribution in [0, 0.1) is 0 Å². The Bertz CT molecular complexity index is 515. The van der Waals surface area contributed by atoms with Crippen molar-refractivity contribution < 1.29 is 66.5 Å². The Kier molecular flexibility index (Phi) is 8.91. The fourth-order valence-electron chi connectivity index (χ4n) is 1.77. The van der Waals surface area contributed by atoms with E-state index in [1.165, 1.54) is 13.8 Å². The summed E-state index contributed by atoms with van der Waals surface area (Å²) in [5.41, 5.74) is 0. The lowest BCUT2D eigenvalue weighted by molar-refractivity contribution is -0.439. The molecule has 0 aliphatic heterocycles. The Hall–Kier alpha value is -0.773. The lowest BCUT2D eigenvalue weighted by Gasteiger charge is -2.39. The Labute approximate surface area is 158 Å². The summed E-state index contributed by atoms with van der Waals surface area (Å²) in [5, 5.41) is 0. The normalized spacial score (nSPS) is 15.3. The molecule has 0 amide bonds. The summed E-state index contributed by atoms with van der Waals surface area (Å²) >= 11 is 0. The zero-order valence-electron chi connectivity index (χ0n) is 14.6. The Morgan fingerprint density at radius 1 is 0.621 bits per heavy atom. The first-order chi connectivity index (χ1) is 12.7. The first-order valence-corrected chi connectivity index (χ1v) is 8.95. The van der Waals surface area contributed by atoms with Crippen molar-refractivity contribution in [3.8, 4) is 0 Å². The molecule has 0 heterocycles. The van der Waals surface area contributed by atoms with Crippen LogP contribution < -0.4 is 0 Å². The highest BCUT2D eigenvalue weighted by Crippen LogP contribution is 2.60. The van der Waals surface area contributed by atoms with Crippen molar-refractivity contribution in [2.75, 3.05) is 13.2 Å². The molecular weight excluding hydrogens is 463 g/mol. The lowest BCUT2D eigenvalue weighted by atomic mass is 9.93. The van der Waals surface area contributed by atoms with Crippen molar-refractivity contribution in [2.24, 2.45) is 0 Å². The van der Waals surface area contributed by atoms with Crippen LogP contribution in [-0.4, -0.2) is 64.4 Å². The Balaban J connectivity index is 5.64. The molecule has 0 atom stereocenters. The number of hydrogen-bond donors (Lipinski definition) is 0. The van der Waals surface area contributed by atoms with Gasteiger partial charge in [0.25, 0.3) is 0 Å². The molecule has 0 aliphatic rings. The van der Waals surface area contributed by atoms with Gasteiger partial charge in [0, 0.05) is 19.6 Å². The summed E-state index contributed by atoms with van der Waals surface area (Å²) in [4.78, 5) is 0. The van der Waals surface area contributed by atoms with E-state index < -0.39 is 63.7 Å². The van der Waals surface area contributed by atoms with Gasteiger partial charge in [-0.3, -0.25) is 0 Å². The zero-order chi connectivity index (χ0) is 23.5. The third kappa shape index (κ3) is 5.29. The van der Waals surface area contributed by atoms with E-state index in [9.17, 15) is 57.1 Å². The van der Waals surface area contributed by atoms with Crippen LogP contribution in [0.4, 0.5) is 57.1 Å². The van der Waals surface area contributed by atoms with Crippen LogP contribution in [0.1, 0.15) is 20.3 Å². The van der Waals surface area contributed by atoms with Crippen LogP contribution in [0.15, 0.2) is 0 Å². The summed E-state index contributed by atoms with van der Waals surface area (Å²) < 4.78 is 178. The van der Waals surface area contributed by atoms with Gasteiger partial charge in [-0.25, -0.2) is 0 Å². The van der Waals surface area contributed by atoms with Crippen LogP contribution >= 0.6 is 0 Å². The van der Waals surface area contributed by atoms with E-state index in [4.69, 9.17) is 9.47 Å². The number of rotatable bonds is 12. The lowest BCUT2D eigenvalue weighted by Crippen LogP contribution is -2.70. The van der Waals surface area contributed by atoms with E-state index >= 15 is 0 Å². The highest BCUT2D eigenvalue weighted by atomic mass is 28.2. The van der Waals surface area contributed by atoms with E-state index in [1.54, 1.807) is 0 Å². The second-order valence-electron chi connectivity index (χ2n) is 5.45. The molecule has 0 N–H and O–H groups in total. The van der Waals surface area contributed by atoms with Gasteiger partial charge in [-0.2, -0.15) is 57.1 Å². The largest absolute Gasteiger partial charge is 0.460 e. The van der Waals surface area contributed by atoms with Crippen LogP contribution in [0.2, 0.25) is 6.04 Å². The first-order valence-electron chi connectivity index (χ1n) is 7.67. The van der Waals surface area contributed by atoms with Crippen LogP contribution in [0.3, 0.4) is 0 Å². The smallest absolute Gasteiger partial charge is 0.357 e. The average molecular weight is 478 g/mol. The predicted molar refractivity (Wildman–Crippen MR) is 73.0 cm³/mol. The molecule has 2 nitrogen and oxygen atoms in total. The molecule has 16 heteroatoms. The predicted octanol–water partition coefficient (Wildman–Crippen LogP) is 5.59. The molecule has 29 heavy (non-hydrogen) atoms. The molecule has 0 saturated carbocycles. The molecule has 0 aromatic carbocycles. The quantitative estimate of drug-likeness (QED) is 0.207. The van der Waals surface area contributed by atoms with E-state index in [-0.39, 0.29) is 13.2 Å². The van der Waals surface area contributed by atoms with E-state index in [0.29, 0.717) is 0 Å². The highest BCUT2D eigenvalue weighted by molar-refractivity contribution is 6.36. The van der Waals surface area contributed by atoms with Crippen molar-refractivity contribution in [3.63, 3.8) is 0 Å². The number of ether oxygens (including phenoxy) is 2. The van der Waals surface area contributed by atoms with Crippen molar-refractivity contribution in [2.45, 2.75) is 68.0 Å². The summed E-state index contributed by atoms with van der Waals surface area (Å²) in [5.74, 6) is -37.8. The maximum Gasteiger partial charge on any atom is 0.460 e. The van der Waals surface area contributed by atoms with Gasteiger partial charge in [0.05, 0.1) is 0 Å². The van der Waals surface area contributed by atoms with Gasteiger partial charge in [0.2, 0.25) is 0 Å². The molecule has 0 saturated heterocycles. The minimum atomic E-state index is -7.87. The van der Waals surface area contributed by atoms with Gasteiger partial charge in [-0.05, 0) is 13.8 Å². The zero-order valence-corrected chi connectivity index (χ0v) is 15.6. The van der Waals surface area contributed by atoms with E-state index in [2.05, 4.69) is 0 Å². The van der Waals surface area contributed by atoms with Crippen molar-refractivity contribution in [1.82, 2.24) is 0 Å². The van der Waals surface area contributed by atoms with Gasteiger partial charge in [0.15, 0.2) is 0 Å². The van der Waals surface area contributed by atoms with Gasteiger partial charge in [-0.15, -0.1) is 0 Å².